The largest absolute Gasteiger partial charge is 0.372 e. The fourth-order valence-corrected chi connectivity index (χ4v) is 3.13. The number of nitrogens with zero attached hydrogens (tertiary/aromatic N) is 1. The van der Waals surface area contributed by atoms with E-state index in [0.717, 1.165) is 26.2 Å². The number of hydrogen-bond acceptors (Lipinski definition) is 3. The molecule has 1 aromatic rings. The molecule has 3 heteroatoms. The average Bonchev–Trinajstić information content (AvgIpc) is 2.93. The van der Waals surface area contributed by atoms with Crippen LogP contribution in [-0.2, 0) is 11.3 Å². The van der Waals surface area contributed by atoms with E-state index in [1.165, 1.54) is 31.4 Å². The molecule has 0 aliphatic carbocycles. The van der Waals surface area contributed by atoms with Crippen LogP contribution < -0.4 is 5.32 Å². The molecule has 2 heterocycles. The summed E-state index contributed by atoms with van der Waals surface area (Å²) in [6, 6.07) is 10.8. The van der Waals surface area contributed by atoms with Crippen LogP contribution in [0.5, 0.6) is 0 Å². The smallest absolute Gasteiger partial charge is 0.0715 e. The van der Waals surface area contributed by atoms with Gasteiger partial charge in [-0.15, -0.1) is 0 Å². The first-order valence-corrected chi connectivity index (χ1v) is 7.52. The van der Waals surface area contributed by atoms with E-state index in [2.05, 4.69) is 40.5 Å². The first kappa shape index (κ1) is 13.1. The van der Waals surface area contributed by atoms with Gasteiger partial charge in [-0.1, -0.05) is 30.3 Å². The first-order valence-electron chi connectivity index (χ1n) is 7.52. The van der Waals surface area contributed by atoms with Gasteiger partial charge in [0.25, 0.3) is 0 Å². The second kappa shape index (κ2) is 6.51. The van der Waals surface area contributed by atoms with E-state index < -0.39 is 0 Å². The number of hydrogen-bond donors (Lipinski definition) is 1. The van der Waals surface area contributed by atoms with Gasteiger partial charge in [0.1, 0.15) is 0 Å². The van der Waals surface area contributed by atoms with Crippen LogP contribution in [0.15, 0.2) is 30.3 Å². The maximum Gasteiger partial charge on any atom is 0.0715 e. The van der Waals surface area contributed by atoms with Crippen LogP contribution in [0.25, 0.3) is 0 Å². The van der Waals surface area contributed by atoms with Crippen LogP contribution in [0.2, 0.25) is 0 Å². The van der Waals surface area contributed by atoms with Gasteiger partial charge in [0.05, 0.1) is 12.2 Å². The molecule has 3 nitrogen and oxygen atoms in total. The predicted molar refractivity (Wildman–Crippen MR) is 77.1 cm³/mol. The molecule has 2 saturated heterocycles. The summed E-state index contributed by atoms with van der Waals surface area (Å²) in [6.07, 6.45) is 4.54. The Kier molecular flexibility index (Phi) is 4.49. The zero-order valence-electron chi connectivity index (χ0n) is 11.6. The first-order chi connectivity index (χ1) is 9.40. The molecule has 1 aromatic carbocycles. The lowest BCUT2D eigenvalue weighted by Gasteiger charge is -2.34. The van der Waals surface area contributed by atoms with Crippen molar-refractivity contribution in [2.24, 2.45) is 0 Å². The Morgan fingerprint density at radius 2 is 2.05 bits per heavy atom. The van der Waals surface area contributed by atoms with E-state index in [9.17, 15) is 0 Å². The van der Waals surface area contributed by atoms with Crippen LogP contribution in [-0.4, -0.2) is 43.3 Å². The SMILES string of the molecule is c1ccc(CN2CCCC(O[C@H]3CCNC3)C2)cc1. The molecule has 0 aromatic heterocycles. The van der Waals surface area contributed by atoms with E-state index in [1.54, 1.807) is 0 Å². The van der Waals surface area contributed by atoms with Gasteiger partial charge in [0, 0.05) is 19.6 Å². The molecule has 2 aliphatic rings. The van der Waals surface area contributed by atoms with Crippen LogP contribution >= 0.6 is 0 Å². The van der Waals surface area contributed by atoms with E-state index in [0.29, 0.717) is 12.2 Å². The lowest BCUT2D eigenvalue weighted by molar-refractivity contribution is -0.0411. The summed E-state index contributed by atoms with van der Waals surface area (Å²) in [4.78, 5) is 2.53. The number of rotatable bonds is 4. The van der Waals surface area contributed by atoms with Crippen LogP contribution in [0.3, 0.4) is 0 Å². The van der Waals surface area contributed by atoms with Crippen molar-refractivity contribution in [1.82, 2.24) is 10.2 Å². The molecule has 19 heavy (non-hydrogen) atoms. The summed E-state index contributed by atoms with van der Waals surface area (Å²) in [5.41, 5.74) is 1.41. The molecule has 1 N–H and O–H groups in total. The third-order valence-corrected chi connectivity index (χ3v) is 4.11. The van der Waals surface area contributed by atoms with Crippen molar-refractivity contribution >= 4 is 0 Å². The summed E-state index contributed by atoms with van der Waals surface area (Å²) in [6.45, 7) is 5.51. The van der Waals surface area contributed by atoms with Gasteiger partial charge in [0.15, 0.2) is 0 Å². The second-order valence-corrected chi connectivity index (χ2v) is 5.74. The lowest BCUT2D eigenvalue weighted by atomic mass is 10.1. The number of ether oxygens (including phenoxy) is 1. The maximum absolute atomic E-state index is 6.22. The van der Waals surface area contributed by atoms with Gasteiger partial charge in [-0.25, -0.2) is 0 Å². The molecule has 1 unspecified atom stereocenters. The van der Waals surface area contributed by atoms with Crippen molar-refractivity contribution in [2.45, 2.75) is 38.0 Å². The maximum atomic E-state index is 6.22. The lowest BCUT2D eigenvalue weighted by Crippen LogP contribution is -2.41. The zero-order valence-corrected chi connectivity index (χ0v) is 11.6. The van der Waals surface area contributed by atoms with Gasteiger partial charge < -0.3 is 10.1 Å². The molecule has 2 aliphatic heterocycles. The van der Waals surface area contributed by atoms with Gasteiger partial charge in [0.2, 0.25) is 0 Å². The molecule has 0 radical (unpaired) electrons. The fourth-order valence-electron chi connectivity index (χ4n) is 3.13. The summed E-state index contributed by atoms with van der Waals surface area (Å²) in [7, 11) is 0. The van der Waals surface area contributed by atoms with Crippen LogP contribution in [0, 0.1) is 0 Å². The monoisotopic (exact) mass is 260 g/mol. The molecular formula is C16H24N2O. The number of benzene rings is 1. The van der Waals surface area contributed by atoms with Crippen molar-refractivity contribution in [1.29, 1.82) is 0 Å². The normalized spacial score (nSPS) is 28.6. The molecule has 3 rings (SSSR count). The van der Waals surface area contributed by atoms with Gasteiger partial charge in [-0.2, -0.15) is 0 Å². The molecular weight excluding hydrogens is 236 g/mol. The Balaban J connectivity index is 1.50. The highest BCUT2D eigenvalue weighted by Gasteiger charge is 2.25. The zero-order chi connectivity index (χ0) is 12.9. The molecule has 0 saturated carbocycles. The summed E-state index contributed by atoms with van der Waals surface area (Å²) in [5, 5.41) is 3.37. The Morgan fingerprint density at radius 3 is 2.84 bits per heavy atom. The van der Waals surface area contributed by atoms with E-state index in [-0.39, 0.29) is 0 Å². The average molecular weight is 260 g/mol. The molecule has 0 spiro atoms. The van der Waals surface area contributed by atoms with Crippen molar-refractivity contribution in [3.63, 3.8) is 0 Å². The van der Waals surface area contributed by atoms with E-state index in [4.69, 9.17) is 4.74 Å². The van der Waals surface area contributed by atoms with Crippen LogP contribution in [0.1, 0.15) is 24.8 Å². The quantitative estimate of drug-likeness (QED) is 0.896. The highest BCUT2D eigenvalue weighted by Crippen LogP contribution is 2.18. The Bertz CT molecular complexity index is 376. The molecule has 2 atom stereocenters. The van der Waals surface area contributed by atoms with Gasteiger partial charge in [-0.3, -0.25) is 4.90 Å². The number of likely N-dealkylation sites (tertiary alicyclic amines) is 1. The molecule has 0 bridgehead atoms. The Labute approximate surface area is 115 Å². The Hall–Kier alpha value is -0.900. The van der Waals surface area contributed by atoms with Crippen molar-refractivity contribution in [3.05, 3.63) is 35.9 Å². The summed E-state index contributed by atoms with van der Waals surface area (Å²) >= 11 is 0. The number of piperidine rings is 1. The predicted octanol–water partition coefficient (Wildman–Crippen LogP) is 2.03. The highest BCUT2D eigenvalue weighted by molar-refractivity contribution is 5.14. The van der Waals surface area contributed by atoms with Crippen molar-refractivity contribution < 1.29 is 4.74 Å². The summed E-state index contributed by atoms with van der Waals surface area (Å²) in [5.74, 6) is 0. The molecule has 2 fully saturated rings. The van der Waals surface area contributed by atoms with E-state index >= 15 is 0 Å². The third-order valence-electron chi connectivity index (χ3n) is 4.11. The fraction of sp³-hybridized carbons (Fsp3) is 0.625. The minimum atomic E-state index is 0.433. The third kappa shape index (κ3) is 3.78. The standard InChI is InChI=1S/C16H24N2O/c1-2-5-14(6-3-1)12-18-10-4-7-16(13-18)19-15-8-9-17-11-15/h1-3,5-6,15-17H,4,7-13H2/t15-,16?/m0/s1. The van der Waals surface area contributed by atoms with Gasteiger partial charge >= 0.3 is 0 Å². The minimum Gasteiger partial charge on any atom is -0.372 e. The number of nitrogens with one attached hydrogen (secondary N) is 1. The Morgan fingerprint density at radius 1 is 1.16 bits per heavy atom. The second-order valence-electron chi connectivity index (χ2n) is 5.74. The molecule has 104 valence electrons. The minimum absolute atomic E-state index is 0.433. The molecule has 0 amide bonds. The van der Waals surface area contributed by atoms with Crippen LogP contribution in [0.4, 0.5) is 0 Å². The van der Waals surface area contributed by atoms with Crippen molar-refractivity contribution in [3.8, 4) is 0 Å². The highest BCUT2D eigenvalue weighted by atomic mass is 16.5. The summed E-state index contributed by atoms with van der Waals surface area (Å²) < 4.78 is 6.22. The van der Waals surface area contributed by atoms with Crippen molar-refractivity contribution in [2.75, 3.05) is 26.2 Å². The topological polar surface area (TPSA) is 24.5 Å². The van der Waals surface area contributed by atoms with E-state index in [1.807, 2.05) is 0 Å². The van der Waals surface area contributed by atoms with Gasteiger partial charge in [-0.05, 0) is 37.9 Å².